The number of aryl methyl sites for hydroxylation is 1. The zero-order valence-corrected chi connectivity index (χ0v) is 20.3. The summed E-state index contributed by atoms with van der Waals surface area (Å²) in [7, 11) is -4.28. The van der Waals surface area contributed by atoms with Crippen molar-refractivity contribution in [3.8, 4) is 17.4 Å². The maximum Gasteiger partial charge on any atom is 0.294 e. The van der Waals surface area contributed by atoms with Gasteiger partial charge in [0.2, 0.25) is 11.8 Å². The SMILES string of the molecule is CCCCCCc1ccc(-n2c(O)c(C)c(C(CC)c3ccc(S(=O)(=O)O)cc3)c2O)cc1. The topological polar surface area (TPSA) is 99.8 Å². The number of benzene rings is 2. The Kier molecular flexibility index (Phi) is 7.87. The standard InChI is InChI=1S/C26H33NO5S/c1-4-6-7-8-9-19-10-14-21(15-11-19)27-25(28)18(3)24(26(27)29)23(5-2)20-12-16-22(17-13-20)33(30,31)32/h10-17,23,28-29H,4-9H2,1-3H3,(H,30,31,32). The number of aromatic nitrogens is 1. The number of hydrogen-bond acceptors (Lipinski definition) is 4. The minimum Gasteiger partial charge on any atom is -0.494 e. The first-order chi connectivity index (χ1) is 15.7. The Bertz CT molecular complexity index is 1180. The van der Waals surface area contributed by atoms with Crippen LogP contribution in [-0.2, 0) is 16.5 Å². The molecule has 0 aliphatic rings. The molecule has 3 rings (SSSR count). The average molecular weight is 472 g/mol. The molecule has 0 saturated heterocycles. The lowest BCUT2D eigenvalue weighted by atomic mass is 9.88. The highest BCUT2D eigenvalue weighted by Crippen LogP contribution is 2.44. The molecule has 0 aliphatic heterocycles. The first-order valence-corrected chi connectivity index (χ1v) is 12.9. The van der Waals surface area contributed by atoms with Gasteiger partial charge in [0, 0.05) is 17.0 Å². The van der Waals surface area contributed by atoms with E-state index in [0.29, 0.717) is 23.2 Å². The molecule has 3 aromatic rings. The molecule has 0 bridgehead atoms. The summed E-state index contributed by atoms with van der Waals surface area (Å²) in [5, 5.41) is 22.0. The molecule has 1 unspecified atom stereocenters. The Morgan fingerprint density at radius 1 is 0.879 bits per heavy atom. The van der Waals surface area contributed by atoms with Crippen LogP contribution in [0.1, 0.15) is 74.1 Å². The van der Waals surface area contributed by atoms with E-state index >= 15 is 0 Å². The van der Waals surface area contributed by atoms with Crippen LogP contribution in [-0.4, -0.2) is 27.8 Å². The van der Waals surface area contributed by atoms with Crippen molar-refractivity contribution in [2.45, 2.75) is 70.1 Å². The molecule has 1 heterocycles. The van der Waals surface area contributed by atoms with Gasteiger partial charge in [0.25, 0.3) is 10.1 Å². The second kappa shape index (κ2) is 10.4. The van der Waals surface area contributed by atoms with Crippen LogP contribution >= 0.6 is 0 Å². The number of hydrogen-bond donors (Lipinski definition) is 3. The van der Waals surface area contributed by atoms with Gasteiger partial charge in [-0.1, -0.05) is 57.4 Å². The van der Waals surface area contributed by atoms with Gasteiger partial charge in [-0.25, -0.2) is 0 Å². The maximum absolute atomic E-state index is 11.4. The molecule has 33 heavy (non-hydrogen) atoms. The second-order valence-corrected chi connectivity index (χ2v) is 9.92. The number of aromatic hydroxyl groups is 2. The van der Waals surface area contributed by atoms with Crippen molar-refractivity contribution < 1.29 is 23.2 Å². The van der Waals surface area contributed by atoms with E-state index in [2.05, 4.69) is 6.92 Å². The van der Waals surface area contributed by atoms with Crippen molar-refractivity contribution in [2.24, 2.45) is 0 Å². The van der Waals surface area contributed by atoms with E-state index in [9.17, 15) is 23.2 Å². The highest BCUT2D eigenvalue weighted by atomic mass is 32.2. The van der Waals surface area contributed by atoms with Crippen LogP contribution < -0.4 is 0 Å². The number of unbranched alkanes of at least 4 members (excludes halogenated alkanes) is 3. The lowest BCUT2D eigenvalue weighted by Gasteiger charge is -2.17. The first-order valence-electron chi connectivity index (χ1n) is 11.5. The molecule has 2 aromatic carbocycles. The minimum absolute atomic E-state index is 0.0220. The predicted octanol–water partition coefficient (Wildman–Crippen LogP) is 6.11. The molecule has 0 saturated carbocycles. The summed E-state index contributed by atoms with van der Waals surface area (Å²) in [6, 6.07) is 13.8. The van der Waals surface area contributed by atoms with Crippen LogP contribution in [0.3, 0.4) is 0 Å². The largest absolute Gasteiger partial charge is 0.494 e. The molecular weight excluding hydrogens is 438 g/mol. The second-order valence-electron chi connectivity index (χ2n) is 8.50. The lowest BCUT2D eigenvalue weighted by Crippen LogP contribution is -2.03. The van der Waals surface area contributed by atoms with E-state index in [-0.39, 0.29) is 22.6 Å². The van der Waals surface area contributed by atoms with Crippen LogP contribution in [0.5, 0.6) is 11.8 Å². The minimum atomic E-state index is -4.28. The Labute approximate surface area is 196 Å². The fraction of sp³-hybridized carbons (Fsp3) is 0.385. The summed E-state index contributed by atoms with van der Waals surface area (Å²) in [6.07, 6.45) is 6.43. The smallest absolute Gasteiger partial charge is 0.294 e. The molecule has 1 atom stereocenters. The van der Waals surface area contributed by atoms with Crippen LogP contribution in [0.15, 0.2) is 53.4 Å². The Balaban J connectivity index is 1.92. The molecule has 0 fully saturated rings. The molecule has 7 heteroatoms. The van der Waals surface area contributed by atoms with Crippen LogP contribution in [0.25, 0.3) is 5.69 Å². The third-order valence-electron chi connectivity index (χ3n) is 6.25. The molecule has 3 N–H and O–H groups in total. The predicted molar refractivity (Wildman–Crippen MR) is 130 cm³/mol. The van der Waals surface area contributed by atoms with Crippen molar-refractivity contribution >= 4 is 10.1 Å². The molecule has 6 nitrogen and oxygen atoms in total. The van der Waals surface area contributed by atoms with Crippen LogP contribution in [0, 0.1) is 6.92 Å². The normalized spacial score (nSPS) is 12.7. The Morgan fingerprint density at radius 2 is 1.52 bits per heavy atom. The van der Waals surface area contributed by atoms with Gasteiger partial charge in [-0.3, -0.25) is 9.12 Å². The van der Waals surface area contributed by atoms with Gasteiger partial charge in [-0.2, -0.15) is 8.42 Å². The van der Waals surface area contributed by atoms with Crippen molar-refractivity contribution in [1.82, 2.24) is 4.57 Å². The van der Waals surface area contributed by atoms with Crippen molar-refractivity contribution in [3.63, 3.8) is 0 Å². The van der Waals surface area contributed by atoms with E-state index in [0.717, 1.165) is 18.4 Å². The van der Waals surface area contributed by atoms with Gasteiger partial charge < -0.3 is 10.2 Å². The summed E-state index contributed by atoms with van der Waals surface area (Å²) >= 11 is 0. The van der Waals surface area contributed by atoms with E-state index in [4.69, 9.17) is 0 Å². The Morgan fingerprint density at radius 3 is 2.06 bits per heavy atom. The molecule has 0 radical (unpaired) electrons. The summed E-state index contributed by atoms with van der Waals surface area (Å²) < 4.78 is 33.4. The highest BCUT2D eigenvalue weighted by Gasteiger charge is 2.27. The molecule has 178 valence electrons. The van der Waals surface area contributed by atoms with Gasteiger partial charge in [0.05, 0.1) is 10.6 Å². The number of rotatable bonds is 10. The molecular formula is C26H33NO5S. The van der Waals surface area contributed by atoms with Gasteiger partial charge in [-0.15, -0.1) is 0 Å². The van der Waals surface area contributed by atoms with Crippen molar-refractivity contribution in [1.29, 1.82) is 0 Å². The van der Waals surface area contributed by atoms with Crippen LogP contribution in [0.2, 0.25) is 0 Å². The summed E-state index contributed by atoms with van der Waals surface area (Å²) in [4.78, 5) is -0.183. The zero-order chi connectivity index (χ0) is 24.2. The van der Waals surface area contributed by atoms with E-state index in [1.165, 1.54) is 41.5 Å². The fourth-order valence-corrected chi connectivity index (χ4v) is 4.86. The van der Waals surface area contributed by atoms with Gasteiger partial charge in [-0.05, 0) is 61.6 Å². The van der Waals surface area contributed by atoms with Crippen molar-refractivity contribution in [3.05, 3.63) is 70.8 Å². The quantitative estimate of drug-likeness (QED) is 0.245. The van der Waals surface area contributed by atoms with Crippen molar-refractivity contribution in [2.75, 3.05) is 0 Å². The lowest BCUT2D eigenvalue weighted by molar-refractivity contribution is 0.398. The van der Waals surface area contributed by atoms with E-state index < -0.39 is 10.1 Å². The summed E-state index contributed by atoms with van der Waals surface area (Å²) in [6.45, 7) is 5.92. The van der Waals surface area contributed by atoms with Gasteiger partial charge >= 0.3 is 0 Å². The van der Waals surface area contributed by atoms with Gasteiger partial charge in [0.1, 0.15) is 0 Å². The van der Waals surface area contributed by atoms with E-state index in [1.807, 2.05) is 31.2 Å². The molecule has 1 aromatic heterocycles. The molecule has 0 amide bonds. The summed E-state index contributed by atoms with van der Waals surface area (Å²) in [5.41, 5.74) is 3.85. The number of nitrogens with zero attached hydrogens (tertiary/aromatic N) is 1. The molecule has 0 spiro atoms. The zero-order valence-electron chi connectivity index (χ0n) is 19.5. The molecule has 0 aliphatic carbocycles. The monoisotopic (exact) mass is 471 g/mol. The maximum atomic E-state index is 11.4. The first kappa shape index (κ1) is 24.9. The summed E-state index contributed by atoms with van der Waals surface area (Å²) in [5.74, 6) is -0.317. The fourth-order valence-electron chi connectivity index (χ4n) is 4.38. The highest BCUT2D eigenvalue weighted by molar-refractivity contribution is 7.85. The Hall–Kier alpha value is -2.77. The third kappa shape index (κ3) is 5.42. The van der Waals surface area contributed by atoms with E-state index in [1.54, 1.807) is 19.1 Å². The van der Waals surface area contributed by atoms with Gasteiger partial charge in [0.15, 0.2) is 0 Å². The average Bonchev–Trinajstić information content (AvgIpc) is 3.01. The third-order valence-corrected chi connectivity index (χ3v) is 7.12. The van der Waals surface area contributed by atoms with Crippen LogP contribution in [0.4, 0.5) is 0 Å².